The largest absolute Gasteiger partial charge is 0.456 e. The first-order chi connectivity index (χ1) is 8.48. The van der Waals surface area contributed by atoms with E-state index >= 15 is 0 Å². The van der Waals surface area contributed by atoms with Crippen LogP contribution in [-0.2, 0) is 5.41 Å². The van der Waals surface area contributed by atoms with E-state index < -0.39 is 0 Å². The SMILES string of the molecule is CC(C)(C)c1ccccc1Oc1ccccc1Br. The molecule has 2 aromatic rings. The highest BCUT2D eigenvalue weighted by Crippen LogP contribution is 2.36. The van der Waals surface area contributed by atoms with E-state index in [4.69, 9.17) is 4.74 Å². The summed E-state index contributed by atoms with van der Waals surface area (Å²) in [6.45, 7) is 6.57. The number of hydrogen-bond acceptors (Lipinski definition) is 1. The molecule has 0 saturated carbocycles. The number of para-hydroxylation sites is 2. The van der Waals surface area contributed by atoms with E-state index in [1.54, 1.807) is 0 Å². The van der Waals surface area contributed by atoms with E-state index in [1.807, 2.05) is 42.5 Å². The molecule has 0 aromatic heterocycles. The molecule has 0 aliphatic carbocycles. The fraction of sp³-hybridized carbons (Fsp3) is 0.250. The van der Waals surface area contributed by atoms with Gasteiger partial charge in [0, 0.05) is 5.56 Å². The number of rotatable bonds is 2. The van der Waals surface area contributed by atoms with Crippen LogP contribution >= 0.6 is 15.9 Å². The molecule has 0 radical (unpaired) electrons. The van der Waals surface area contributed by atoms with Gasteiger partial charge in [-0.15, -0.1) is 0 Å². The minimum Gasteiger partial charge on any atom is -0.456 e. The number of ether oxygens (including phenoxy) is 1. The van der Waals surface area contributed by atoms with Crippen LogP contribution in [0.5, 0.6) is 11.5 Å². The van der Waals surface area contributed by atoms with Gasteiger partial charge in [-0.1, -0.05) is 51.1 Å². The third-order valence-electron chi connectivity index (χ3n) is 2.75. The Bertz CT molecular complexity index is 541. The zero-order chi connectivity index (χ0) is 13.2. The Morgan fingerprint density at radius 1 is 0.833 bits per heavy atom. The molecule has 94 valence electrons. The first-order valence-corrected chi connectivity index (χ1v) is 6.79. The van der Waals surface area contributed by atoms with E-state index in [0.29, 0.717) is 0 Å². The summed E-state index contributed by atoms with van der Waals surface area (Å²) < 4.78 is 6.99. The Morgan fingerprint density at radius 2 is 1.39 bits per heavy atom. The van der Waals surface area contributed by atoms with Crippen LogP contribution in [0.4, 0.5) is 0 Å². The molecule has 0 atom stereocenters. The summed E-state index contributed by atoms with van der Waals surface area (Å²) in [5, 5.41) is 0. The van der Waals surface area contributed by atoms with Crippen LogP contribution in [0.1, 0.15) is 26.3 Å². The molecule has 0 N–H and O–H groups in total. The fourth-order valence-electron chi connectivity index (χ4n) is 1.82. The second-order valence-electron chi connectivity index (χ2n) is 5.28. The number of benzene rings is 2. The van der Waals surface area contributed by atoms with Crippen LogP contribution in [0.3, 0.4) is 0 Å². The molecule has 2 heteroatoms. The Labute approximate surface area is 117 Å². The lowest BCUT2D eigenvalue weighted by atomic mass is 9.86. The van der Waals surface area contributed by atoms with Crippen molar-refractivity contribution in [1.82, 2.24) is 0 Å². The van der Waals surface area contributed by atoms with Crippen molar-refractivity contribution in [3.05, 3.63) is 58.6 Å². The van der Waals surface area contributed by atoms with Crippen molar-refractivity contribution in [2.45, 2.75) is 26.2 Å². The topological polar surface area (TPSA) is 9.23 Å². The quantitative estimate of drug-likeness (QED) is 0.708. The van der Waals surface area contributed by atoms with Crippen LogP contribution in [-0.4, -0.2) is 0 Å². The molecule has 0 heterocycles. The molecule has 0 amide bonds. The zero-order valence-corrected chi connectivity index (χ0v) is 12.5. The van der Waals surface area contributed by atoms with E-state index in [9.17, 15) is 0 Å². The van der Waals surface area contributed by atoms with Crippen molar-refractivity contribution in [3.8, 4) is 11.5 Å². The first-order valence-electron chi connectivity index (χ1n) is 6.00. The highest BCUT2D eigenvalue weighted by Gasteiger charge is 2.19. The van der Waals surface area contributed by atoms with E-state index in [0.717, 1.165) is 16.0 Å². The lowest BCUT2D eigenvalue weighted by Gasteiger charge is -2.22. The standard InChI is InChI=1S/C16H17BrO/c1-16(2,3)12-8-4-6-10-14(12)18-15-11-7-5-9-13(15)17/h4-11H,1-3H3. The van der Waals surface area contributed by atoms with Crippen LogP contribution in [0.15, 0.2) is 53.0 Å². The Hall–Kier alpha value is -1.28. The molecule has 1 nitrogen and oxygen atoms in total. The summed E-state index contributed by atoms with van der Waals surface area (Å²) >= 11 is 3.50. The third kappa shape index (κ3) is 2.94. The van der Waals surface area contributed by atoms with Crippen molar-refractivity contribution in [2.75, 3.05) is 0 Å². The number of hydrogen-bond donors (Lipinski definition) is 0. The van der Waals surface area contributed by atoms with Crippen molar-refractivity contribution < 1.29 is 4.74 Å². The van der Waals surface area contributed by atoms with Crippen molar-refractivity contribution in [2.24, 2.45) is 0 Å². The van der Waals surface area contributed by atoms with Gasteiger partial charge in [0.2, 0.25) is 0 Å². The lowest BCUT2D eigenvalue weighted by molar-refractivity contribution is 0.453. The summed E-state index contributed by atoms with van der Waals surface area (Å²) in [5.41, 5.74) is 1.28. The fourth-order valence-corrected chi connectivity index (χ4v) is 2.19. The molecule has 2 aromatic carbocycles. The summed E-state index contributed by atoms with van der Waals surface area (Å²) in [4.78, 5) is 0. The average molecular weight is 305 g/mol. The summed E-state index contributed by atoms with van der Waals surface area (Å²) in [5.74, 6) is 1.76. The predicted octanol–water partition coefficient (Wildman–Crippen LogP) is 5.54. The summed E-state index contributed by atoms with van der Waals surface area (Å²) in [7, 11) is 0. The minimum absolute atomic E-state index is 0.0673. The Balaban J connectivity index is 2.39. The molecule has 0 fully saturated rings. The van der Waals surface area contributed by atoms with Gasteiger partial charge >= 0.3 is 0 Å². The van der Waals surface area contributed by atoms with Gasteiger partial charge < -0.3 is 4.74 Å². The highest BCUT2D eigenvalue weighted by molar-refractivity contribution is 9.10. The second kappa shape index (κ2) is 5.15. The Kier molecular flexibility index (Phi) is 3.76. The molecule has 0 spiro atoms. The number of halogens is 1. The molecule has 0 bridgehead atoms. The van der Waals surface area contributed by atoms with Gasteiger partial charge in [-0.3, -0.25) is 0 Å². The van der Waals surface area contributed by atoms with Crippen molar-refractivity contribution in [1.29, 1.82) is 0 Å². The molecule has 0 unspecified atom stereocenters. The minimum atomic E-state index is 0.0673. The van der Waals surface area contributed by atoms with Gasteiger partial charge in [-0.2, -0.15) is 0 Å². The van der Waals surface area contributed by atoms with Crippen LogP contribution < -0.4 is 4.74 Å². The normalized spacial score (nSPS) is 11.3. The molecule has 0 aliphatic rings. The maximum atomic E-state index is 6.02. The monoisotopic (exact) mass is 304 g/mol. The van der Waals surface area contributed by atoms with Gasteiger partial charge in [-0.05, 0) is 39.5 Å². The lowest BCUT2D eigenvalue weighted by Crippen LogP contribution is -2.12. The highest BCUT2D eigenvalue weighted by atomic mass is 79.9. The maximum Gasteiger partial charge on any atom is 0.141 e. The van der Waals surface area contributed by atoms with Gasteiger partial charge in [0.05, 0.1) is 4.47 Å². The van der Waals surface area contributed by atoms with E-state index in [-0.39, 0.29) is 5.41 Å². The molecular weight excluding hydrogens is 288 g/mol. The third-order valence-corrected chi connectivity index (χ3v) is 3.41. The maximum absolute atomic E-state index is 6.02. The summed E-state index contributed by atoms with van der Waals surface area (Å²) in [6, 6.07) is 16.1. The Morgan fingerprint density at radius 3 is 2.00 bits per heavy atom. The molecular formula is C16H17BrO. The predicted molar refractivity (Wildman–Crippen MR) is 79.4 cm³/mol. The first kappa shape index (κ1) is 13.2. The second-order valence-corrected chi connectivity index (χ2v) is 6.13. The van der Waals surface area contributed by atoms with Crippen LogP contribution in [0.2, 0.25) is 0 Å². The van der Waals surface area contributed by atoms with Crippen LogP contribution in [0.25, 0.3) is 0 Å². The van der Waals surface area contributed by atoms with Gasteiger partial charge in [0.1, 0.15) is 11.5 Å². The zero-order valence-electron chi connectivity index (χ0n) is 10.9. The molecule has 18 heavy (non-hydrogen) atoms. The molecule has 0 aliphatic heterocycles. The smallest absolute Gasteiger partial charge is 0.141 e. The van der Waals surface area contributed by atoms with E-state index in [2.05, 4.69) is 42.8 Å². The van der Waals surface area contributed by atoms with Crippen LogP contribution in [0, 0.1) is 0 Å². The molecule has 2 rings (SSSR count). The van der Waals surface area contributed by atoms with Gasteiger partial charge in [0.25, 0.3) is 0 Å². The van der Waals surface area contributed by atoms with Crippen molar-refractivity contribution in [3.63, 3.8) is 0 Å². The van der Waals surface area contributed by atoms with Gasteiger partial charge in [-0.25, -0.2) is 0 Å². The average Bonchev–Trinajstić information content (AvgIpc) is 2.31. The van der Waals surface area contributed by atoms with Gasteiger partial charge in [0.15, 0.2) is 0 Å². The van der Waals surface area contributed by atoms with E-state index in [1.165, 1.54) is 5.56 Å². The summed E-state index contributed by atoms with van der Waals surface area (Å²) in [6.07, 6.45) is 0. The molecule has 0 saturated heterocycles. The van der Waals surface area contributed by atoms with Crippen molar-refractivity contribution >= 4 is 15.9 Å².